The number of phosphoric acid groups is 1. The van der Waals surface area contributed by atoms with Crippen LogP contribution in [0, 0.1) is 0 Å². The van der Waals surface area contributed by atoms with Crippen molar-refractivity contribution in [3.8, 4) is 0 Å². The smallest absolute Gasteiger partial charge is 0.462 e. The summed E-state index contributed by atoms with van der Waals surface area (Å²) in [5.41, 5.74) is 0. The van der Waals surface area contributed by atoms with Crippen LogP contribution in [0.2, 0.25) is 0 Å². The Balaban J connectivity index is 4.67. The summed E-state index contributed by atoms with van der Waals surface area (Å²) >= 11 is 0. The molecule has 12 heteroatoms. The van der Waals surface area contributed by atoms with Crippen LogP contribution < -0.4 is 0 Å². The molecular weight excluding hydrogens is 856 g/mol. The van der Waals surface area contributed by atoms with Gasteiger partial charge in [-0.05, 0) is 51.4 Å². The monoisotopic (exact) mass is 955 g/mol. The van der Waals surface area contributed by atoms with Gasteiger partial charge in [-0.15, -0.1) is 0 Å². The van der Waals surface area contributed by atoms with Gasteiger partial charge < -0.3 is 24.2 Å². The van der Waals surface area contributed by atoms with E-state index in [2.05, 4.69) is 57.2 Å². The number of aliphatic hydroxyl groups is 1. The van der Waals surface area contributed by atoms with Crippen molar-refractivity contribution in [3.63, 3.8) is 0 Å². The quantitative estimate of drug-likeness (QED) is 0.0197. The first-order chi connectivity index (χ1) is 32.2. The van der Waals surface area contributed by atoms with E-state index >= 15 is 0 Å². The van der Waals surface area contributed by atoms with Crippen molar-refractivity contribution in [3.05, 3.63) is 36.5 Å². The van der Waals surface area contributed by atoms with Crippen molar-refractivity contribution < 1.29 is 52.2 Å². The van der Waals surface area contributed by atoms with Crippen LogP contribution in [0.3, 0.4) is 0 Å². The van der Waals surface area contributed by atoms with Crippen molar-refractivity contribution in [2.24, 2.45) is 0 Å². The highest BCUT2D eigenvalue weighted by Crippen LogP contribution is 2.43. The Hall–Kier alpha value is -2.30. The lowest BCUT2D eigenvalue weighted by molar-refractivity contribution is -0.161. The highest BCUT2D eigenvalue weighted by atomic mass is 31.2. The number of carbonyl (C=O) groups is 3. The number of ether oxygens (including phenoxy) is 3. The Bertz CT molecular complexity index is 1250. The minimum absolute atomic E-state index is 0.145. The molecule has 0 aliphatic carbocycles. The second kappa shape index (κ2) is 49.1. The van der Waals surface area contributed by atoms with Crippen LogP contribution >= 0.6 is 7.82 Å². The van der Waals surface area contributed by atoms with E-state index in [-0.39, 0.29) is 25.9 Å². The number of phosphoric ester groups is 1. The van der Waals surface area contributed by atoms with Crippen molar-refractivity contribution >= 4 is 25.7 Å². The summed E-state index contributed by atoms with van der Waals surface area (Å²) in [6, 6.07) is 0. The minimum Gasteiger partial charge on any atom is -0.462 e. The van der Waals surface area contributed by atoms with Crippen LogP contribution in [0.15, 0.2) is 36.5 Å². The third-order valence-corrected chi connectivity index (χ3v) is 12.5. The van der Waals surface area contributed by atoms with Crippen LogP contribution in [0.25, 0.3) is 0 Å². The third kappa shape index (κ3) is 46.8. The van der Waals surface area contributed by atoms with Gasteiger partial charge in [0.15, 0.2) is 6.10 Å². The Labute approximate surface area is 403 Å². The van der Waals surface area contributed by atoms with Gasteiger partial charge in [0.25, 0.3) is 0 Å². The fourth-order valence-electron chi connectivity index (χ4n) is 7.49. The number of aliphatic hydroxyl groups excluding tert-OH is 1. The van der Waals surface area contributed by atoms with Gasteiger partial charge in [-0.25, -0.2) is 4.57 Å². The van der Waals surface area contributed by atoms with Gasteiger partial charge in [0.2, 0.25) is 0 Å². The average molecular weight is 955 g/mol. The molecule has 0 bridgehead atoms. The molecule has 3 unspecified atom stereocenters. The van der Waals surface area contributed by atoms with E-state index in [0.29, 0.717) is 19.3 Å². The largest absolute Gasteiger partial charge is 0.472 e. The van der Waals surface area contributed by atoms with Crippen LogP contribution in [0.5, 0.6) is 0 Å². The molecular formula is C54H99O11P. The zero-order valence-corrected chi connectivity index (χ0v) is 43.3. The van der Waals surface area contributed by atoms with Gasteiger partial charge in [-0.3, -0.25) is 23.4 Å². The summed E-state index contributed by atoms with van der Waals surface area (Å²) in [5.74, 6) is -1.48. The standard InChI is InChI=1S/C54H99O11P/c1-4-7-10-13-16-19-21-23-24-25-26-28-30-33-36-39-42-45-54(58)65-51(47-61-52(56)43-40-37-34-31-18-15-12-9-6-3)49-63-66(59,60)62-48-50(46-55)64-53(57)44-41-38-35-32-29-27-22-20-17-14-11-8-5-2/h8,11,17,20,27,29,50-51,55H,4-7,9-10,12-16,18-19,21-26,28,30-49H2,1-3H3,(H,59,60)/b11-8-,20-17-,29-27-. The van der Waals surface area contributed by atoms with Crippen LogP contribution in [-0.2, 0) is 42.2 Å². The molecule has 0 aliphatic heterocycles. The summed E-state index contributed by atoms with van der Waals surface area (Å²) in [5, 5.41) is 9.76. The number of hydrogen-bond acceptors (Lipinski definition) is 10. The van der Waals surface area contributed by atoms with Crippen LogP contribution in [0.1, 0.15) is 252 Å². The molecule has 11 nitrogen and oxygen atoms in total. The molecule has 0 saturated carbocycles. The van der Waals surface area contributed by atoms with Gasteiger partial charge in [-0.1, -0.05) is 218 Å². The molecule has 0 aliphatic rings. The summed E-state index contributed by atoms with van der Waals surface area (Å²) in [6.07, 6.45) is 48.4. The Morgan fingerprint density at radius 1 is 0.439 bits per heavy atom. The van der Waals surface area contributed by atoms with Crippen molar-refractivity contribution in [1.29, 1.82) is 0 Å². The molecule has 3 atom stereocenters. The van der Waals surface area contributed by atoms with E-state index in [1.165, 1.54) is 116 Å². The number of rotatable bonds is 50. The molecule has 0 aromatic carbocycles. The highest BCUT2D eigenvalue weighted by Gasteiger charge is 2.28. The van der Waals surface area contributed by atoms with E-state index in [1.54, 1.807) is 0 Å². The number of esters is 3. The Kier molecular flexibility index (Phi) is 47.4. The third-order valence-electron chi connectivity index (χ3n) is 11.6. The highest BCUT2D eigenvalue weighted by molar-refractivity contribution is 7.47. The first-order valence-electron chi connectivity index (χ1n) is 26.9. The fraction of sp³-hybridized carbons (Fsp3) is 0.833. The zero-order valence-electron chi connectivity index (χ0n) is 42.4. The van der Waals surface area contributed by atoms with E-state index < -0.39 is 57.8 Å². The summed E-state index contributed by atoms with van der Waals surface area (Å²) in [4.78, 5) is 48.2. The average Bonchev–Trinajstić information content (AvgIpc) is 3.30. The van der Waals surface area contributed by atoms with Crippen molar-refractivity contribution in [1.82, 2.24) is 0 Å². The lowest BCUT2D eigenvalue weighted by Gasteiger charge is -2.21. The van der Waals surface area contributed by atoms with E-state index in [4.69, 9.17) is 23.3 Å². The summed E-state index contributed by atoms with van der Waals surface area (Å²) in [7, 11) is -4.74. The number of allylic oxidation sites excluding steroid dienone is 6. The summed E-state index contributed by atoms with van der Waals surface area (Å²) < 4.78 is 39.3. The predicted octanol–water partition coefficient (Wildman–Crippen LogP) is 15.3. The normalized spacial score (nSPS) is 13.7. The molecule has 2 N–H and O–H groups in total. The van der Waals surface area contributed by atoms with Gasteiger partial charge in [-0.2, -0.15) is 0 Å². The number of carbonyl (C=O) groups excluding carboxylic acids is 3. The SMILES string of the molecule is CC/C=C\C/C=C\C/C=C\CCCCCC(=O)OC(CO)COP(=O)(O)OCC(COC(=O)CCCCCCCCCCC)OC(=O)CCCCCCCCCCCCCCCCCCC. The van der Waals surface area contributed by atoms with Gasteiger partial charge in [0.05, 0.1) is 19.8 Å². The zero-order chi connectivity index (χ0) is 48.4. The molecule has 0 saturated heterocycles. The molecule has 0 fully saturated rings. The molecule has 0 aromatic heterocycles. The molecule has 66 heavy (non-hydrogen) atoms. The number of hydrogen-bond donors (Lipinski definition) is 2. The van der Waals surface area contributed by atoms with Gasteiger partial charge in [0.1, 0.15) is 12.7 Å². The van der Waals surface area contributed by atoms with Gasteiger partial charge >= 0.3 is 25.7 Å². The van der Waals surface area contributed by atoms with Crippen molar-refractivity contribution in [2.45, 2.75) is 264 Å². The second-order valence-corrected chi connectivity index (χ2v) is 19.5. The molecule has 0 rings (SSSR count). The first kappa shape index (κ1) is 63.7. The second-order valence-electron chi connectivity index (χ2n) is 18.0. The maximum Gasteiger partial charge on any atom is 0.472 e. The van der Waals surface area contributed by atoms with Crippen LogP contribution in [-0.4, -0.2) is 66.5 Å². The lowest BCUT2D eigenvalue weighted by atomic mass is 10.0. The molecule has 0 amide bonds. The number of unbranched alkanes of at least 4 members (excludes halogenated alkanes) is 27. The lowest BCUT2D eigenvalue weighted by Crippen LogP contribution is -2.30. The maximum absolute atomic E-state index is 12.8. The molecule has 0 heterocycles. The Morgan fingerprint density at radius 3 is 1.21 bits per heavy atom. The Morgan fingerprint density at radius 2 is 0.788 bits per heavy atom. The fourth-order valence-corrected chi connectivity index (χ4v) is 8.27. The first-order valence-corrected chi connectivity index (χ1v) is 28.4. The summed E-state index contributed by atoms with van der Waals surface area (Å²) in [6.45, 7) is 4.49. The van der Waals surface area contributed by atoms with E-state index in [1.807, 2.05) is 0 Å². The minimum atomic E-state index is -4.74. The predicted molar refractivity (Wildman–Crippen MR) is 270 cm³/mol. The maximum atomic E-state index is 12.8. The molecule has 0 radical (unpaired) electrons. The molecule has 0 spiro atoms. The van der Waals surface area contributed by atoms with Gasteiger partial charge in [0, 0.05) is 19.3 Å². The molecule has 0 aromatic rings. The topological polar surface area (TPSA) is 155 Å². The van der Waals surface area contributed by atoms with Crippen LogP contribution in [0.4, 0.5) is 0 Å². The van der Waals surface area contributed by atoms with Crippen molar-refractivity contribution in [2.75, 3.05) is 26.4 Å². The van der Waals surface area contributed by atoms with E-state index in [9.17, 15) is 28.9 Å². The van der Waals surface area contributed by atoms with E-state index in [0.717, 1.165) is 77.0 Å². The molecule has 386 valence electrons.